The van der Waals surface area contributed by atoms with Crippen LogP contribution in [0.5, 0.6) is 0 Å². The highest BCUT2D eigenvalue weighted by Crippen LogP contribution is 2.27. The highest BCUT2D eigenvalue weighted by Gasteiger charge is 2.26. The zero-order valence-electron chi connectivity index (χ0n) is 17.8. The van der Waals surface area contributed by atoms with Crippen LogP contribution in [0.25, 0.3) is 11.5 Å². The van der Waals surface area contributed by atoms with Crippen molar-refractivity contribution in [2.75, 3.05) is 24.2 Å². The van der Waals surface area contributed by atoms with Gasteiger partial charge in [0, 0.05) is 31.8 Å². The Bertz CT molecular complexity index is 1210. The van der Waals surface area contributed by atoms with Crippen molar-refractivity contribution in [3.05, 3.63) is 36.0 Å². The third kappa shape index (κ3) is 5.03. The van der Waals surface area contributed by atoms with Crippen molar-refractivity contribution in [2.24, 2.45) is 7.05 Å². The molecule has 0 saturated carbocycles. The quantitative estimate of drug-likeness (QED) is 0.516. The predicted molar refractivity (Wildman–Crippen MR) is 120 cm³/mol. The smallest absolute Gasteiger partial charge is 0.277 e. The molecule has 0 aliphatic carbocycles. The third-order valence-electron chi connectivity index (χ3n) is 5.04. The number of sulfonamides is 1. The molecule has 4 rings (SSSR count). The maximum Gasteiger partial charge on any atom is 0.277 e. The molecule has 1 saturated heterocycles. The second-order valence-electron chi connectivity index (χ2n) is 7.50. The minimum atomic E-state index is -3.56. The lowest BCUT2D eigenvalue weighted by Gasteiger charge is -2.25. The lowest BCUT2D eigenvalue weighted by Crippen LogP contribution is -2.35. The Morgan fingerprint density at radius 3 is 2.69 bits per heavy atom. The topological polar surface area (TPSA) is 123 Å². The van der Waals surface area contributed by atoms with Gasteiger partial charge in [-0.15, -0.1) is 10.2 Å². The van der Waals surface area contributed by atoms with Crippen molar-refractivity contribution in [3.8, 4) is 11.5 Å². The number of nitrogens with zero attached hydrogens (tertiary/aromatic N) is 5. The Labute approximate surface area is 190 Å². The van der Waals surface area contributed by atoms with E-state index in [9.17, 15) is 13.2 Å². The van der Waals surface area contributed by atoms with Crippen molar-refractivity contribution >= 4 is 33.5 Å². The van der Waals surface area contributed by atoms with Gasteiger partial charge in [-0.05, 0) is 38.0 Å². The minimum Gasteiger partial charge on any atom is -0.411 e. The highest BCUT2D eigenvalue weighted by molar-refractivity contribution is 7.99. The molecule has 1 aliphatic heterocycles. The lowest BCUT2D eigenvalue weighted by atomic mass is 10.2. The lowest BCUT2D eigenvalue weighted by molar-refractivity contribution is -0.113. The normalized spacial score (nSPS) is 15.1. The Morgan fingerprint density at radius 1 is 1.19 bits per heavy atom. The molecule has 3 aromatic rings. The number of aryl methyl sites for hydroxylation is 2. The molecular formula is C20H24N6O4S2. The predicted octanol–water partition coefficient (Wildman–Crippen LogP) is 2.68. The van der Waals surface area contributed by atoms with E-state index in [1.165, 1.54) is 4.31 Å². The van der Waals surface area contributed by atoms with Gasteiger partial charge in [-0.2, -0.15) is 9.40 Å². The number of carbonyl (C=O) groups is 1. The number of aromatic nitrogens is 4. The molecule has 0 unspecified atom stereocenters. The van der Waals surface area contributed by atoms with E-state index < -0.39 is 10.0 Å². The Hall–Kier alpha value is -2.70. The summed E-state index contributed by atoms with van der Waals surface area (Å²) < 4.78 is 34.6. The first kappa shape index (κ1) is 22.5. The molecule has 0 spiro atoms. The number of carbonyl (C=O) groups excluding carboxylic acids is 1. The first-order valence-corrected chi connectivity index (χ1v) is 12.6. The van der Waals surface area contributed by atoms with E-state index in [-0.39, 0.29) is 27.7 Å². The minimum absolute atomic E-state index is 0.0786. The molecule has 0 radical (unpaired) electrons. The molecule has 1 fully saturated rings. The molecule has 32 heavy (non-hydrogen) atoms. The van der Waals surface area contributed by atoms with Crippen LogP contribution in [0.4, 0.5) is 5.82 Å². The molecule has 3 heterocycles. The molecule has 170 valence electrons. The Morgan fingerprint density at radius 2 is 1.97 bits per heavy atom. The zero-order valence-corrected chi connectivity index (χ0v) is 19.4. The van der Waals surface area contributed by atoms with Gasteiger partial charge in [0.05, 0.1) is 16.3 Å². The van der Waals surface area contributed by atoms with Crippen molar-refractivity contribution < 1.29 is 17.6 Å². The van der Waals surface area contributed by atoms with E-state index in [1.807, 2.05) is 6.92 Å². The molecule has 12 heteroatoms. The summed E-state index contributed by atoms with van der Waals surface area (Å²) in [6.45, 7) is 2.92. The number of rotatable bonds is 7. The van der Waals surface area contributed by atoms with E-state index in [1.54, 1.807) is 42.1 Å². The number of benzene rings is 1. The summed E-state index contributed by atoms with van der Waals surface area (Å²) in [7, 11) is -1.81. The van der Waals surface area contributed by atoms with Gasteiger partial charge in [-0.1, -0.05) is 24.2 Å². The molecule has 1 aliphatic rings. The number of piperidine rings is 1. The van der Waals surface area contributed by atoms with Crippen molar-refractivity contribution in [3.63, 3.8) is 0 Å². The molecule has 1 amide bonds. The number of thioether (sulfide) groups is 1. The fourth-order valence-corrected chi connectivity index (χ4v) is 5.59. The van der Waals surface area contributed by atoms with E-state index in [2.05, 4.69) is 20.6 Å². The van der Waals surface area contributed by atoms with Crippen LogP contribution in [0.1, 0.15) is 25.0 Å². The van der Waals surface area contributed by atoms with Crippen LogP contribution in [-0.2, 0) is 21.9 Å². The number of anilines is 1. The largest absolute Gasteiger partial charge is 0.411 e. The molecule has 1 aromatic carbocycles. The Kier molecular flexibility index (Phi) is 6.63. The summed E-state index contributed by atoms with van der Waals surface area (Å²) in [6, 6.07) is 8.27. The molecular weight excluding hydrogens is 452 g/mol. The van der Waals surface area contributed by atoms with Crippen LogP contribution in [0.15, 0.2) is 44.9 Å². The average Bonchev–Trinajstić information content (AvgIpc) is 3.39. The standard InChI is InChI=1S/C20H24N6O4S2/c1-14-11-17(25(2)24-14)21-18(27)13-31-20-23-22-19(30-20)15-7-6-8-16(12-15)32(28,29)26-9-4-3-5-10-26/h6-8,11-12H,3-5,9-10,13H2,1-2H3,(H,21,27). The van der Waals surface area contributed by atoms with Crippen LogP contribution in [0, 0.1) is 6.92 Å². The van der Waals surface area contributed by atoms with Crippen molar-refractivity contribution in [1.82, 2.24) is 24.3 Å². The summed E-state index contributed by atoms with van der Waals surface area (Å²) in [5, 5.41) is 15.2. The van der Waals surface area contributed by atoms with Gasteiger partial charge < -0.3 is 9.73 Å². The number of amides is 1. The van der Waals surface area contributed by atoms with E-state index >= 15 is 0 Å². The first-order valence-electron chi connectivity index (χ1n) is 10.2. The van der Waals surface area contributed by atoms with E-state index in [0.717, 1.165) is 36.7 Å². The van der Waals surface area contributed by atoms with Crippen LogP contribution >= 0.6 is 11.8 Å². The van der Waals surface area contributed by atoms with Gasteiger partial charge >= 0.3 is 0 Å². The maximum atomic E-state index is 12.9. The average molecular weight is 477 g/mol. The second-order valence-corrected chi connectivity index (χ2v) is 10.4. The van der Waals surface area contributed by atoms with Crippen LogP contribution in [0.2, 0.25) is 0 Å². The van der Waals surface area contributed by atoms with Crippen molar-refractivity contribution in [1.29, 1.82) is 0 Å². The Balaban J connectivity index is 1.41. The summed E-state index contributed by atoms with van der Waals surface area (Å²) in [4.78, 5) is 12.4. The van der Waals surface area contributed by atoms with Gasteiger partial charge in [-0.25, -0.2) is 8.42 Å². The van der Waals surface area contributed by atoms with Crippen LogP contribution in [-0.4, -0.2) is 57.5 Å². The summed E-state index contributed by atoms with van der Waals surface area (Å²) in [5.41, 5.74) is 1.32. The zero-order chi connectivity index (χ0) is 22.7. The van der Waals surface area contributed by atoms with E-state index in [4.69, 9.17) is 4.42 Å². The van der Waals surface area contributed by atoms with Gasteiger partial charge in [0.1, 0.15) is 5.82 Å². The number of nitrogens with one attached hydrogen (secondary N) is 1. The SMILES string of the molecule is Cc1cc(NC(=O)CSc2nnc(-c3cccc(S(=O)(=O)N4CCCCC4)c3)o2)n(C)n1. The molecule has 10 nitrogen and oxygen atoms in total. The molecule has 1 N–H and O–H groups in total. The number of hydrogen-bond donors (Lipinski definition) is 1. The van der Waals surface area contributed by atoms with Gasteiger partial charge in [0.15, 0.2) is 0 Å². The second kappa shape index (κ2) is 9.43. The van der Waals surface area contributed by atoms with Gasteiger partial charge in [0.2, 0.25) is 21.8 Å². The molecule has 0 atom stereocenters. The number of hydrogen-bond acceptors (Lipinski definition) is 8. The third-order valence-corrected chi connectivity index (χ3v) is 7.75. The van der Waals surface area contributed by atoms with Gasteiger partial charge in [-0.3, -0.25) is 9.48 Å². The molecule has 2 aromatic heterocycles. The van der Waals surface area contributed by atoms with Crippen molar-refractivity contribution in [2.45, 2.75) is 36.3 Å². The fraction of sp³-hybridized carbons (Fsp3) is 0.400. The van der Waals surface area contributed by atoms with Gasteiger partial charge in [0.25, 0.3) is 5.22 Å². The summed E-state index contributed by atoms with van der Waals surface area (Å²) >= 11 is 1.10. The molecule has 0 bridgehead atoms. The van der Waals surface area contributed by atoms with Crippen LogP contribution < -0.4 is 5.32 Å². The first-order chi connectivity index (χ1) is 15.3. The maximum absolute atomic E-state index is 12.9. The fourth-order valence-electron chi connectivity index (χ4n) is 3.46. The summed E-state index contributed by atoms with van der Waals surface area (Å²) in [5.74, 6) is 0.652. The monoisotopic (exact) mass is 476 g/mol. The van der Waals surface area contributed by atoms with Crippen LogP contribution in [0.3, 0.4) is 0 Å². The highest BCUT2D eigenvalue weighted by atomic mass is 32.2. The summed E-state index contributed by atoms with van der Waals surface area (Å²) in [6.07, 6.45) is 2.79. The van der Waals surface area contributed by atoms with E-state index in [0.29, 0.717) is 24.5 Å².